The Hall–Kier alpha value is -2.28. The molecule has 126 valence electrons. The summed E-state index contributed by atoms with van der Waals surface area (Å²) in [4.78, 5) is 26.1. The van der Waals surface area contributed by atoms with Crippen LogP contribution in [0.3, 0.4) is 0 Å². The minimum absolute atomic E-state index is 0.0621. The minimum atomic E-state index is -0.307. The number of aryl methyl sites for hydroxylation is 1. The number of hydrogen-bond donors (Lipinski definition) is 0. The molecule has 1 aromatic heterocycles. The van der Waals surface area contributed by atoms with Crippen LogP contribution >= 0.6 is 11.8 Å². The standard InChI is InChI=1S/C17H19N3O3S/c1-12-7-8-18-20(12)14-5-3-13(4-6-14)16(21)19-9-10-24-15(11-19)17(22)23-2/h3-8,15H,9-11H2,1-2H3/t15-/m1/s1. The molecule has 7 heteroatoms. The van der Waals surface area contributed by atoms with Gasteiger partial charge in [0.1, 0.15) is 5.25 Å². The minimum Gasteiger partial charge on any atom is -0.468 e. The Balaban J connectivity index is 1.73. The molecule has 2 aromatic rings. The first-order valence-corrected chi connectivity index (χ1v) is 8.75. The average molecular weight is 345 g/mol. The number of carbonyl (C=O) groups excluding carboxylic acids is 2. The van der Waals surface area contributed by atoms with Crippen LogP contribution in [0.25, 0.3) is 5.69 Å². The van der Waals surface area contributed by atoms with Crippen molar-refractivity contribution in [3.63, 3.8) is 0 Å². The Morgan fingerprint density at radius 3 is 2.62 bits per heavy atom. The lowest BCUT2D eigenvalue weighted by atomic mass is 10.1. The molecule has 1 amide bonds. The summed E-state index contributed by atoms with van der Waals surface area (Å²) in [5, 5.41) is 3.95. The zero-order valence-corrected chi connectivity index (χ0v) is 14.5. The first-order chi connectivity index (χ1) is 11.6. The first kappa shape index (κ1) is 16.6. The number of ether oxygens (including phenoxy) is 1. The fraction of sp³-hybridized carbons (Fsp3) is 0.353. The molecule has 0 aliphatic carbocycles. The smallest absolute Gasteiger partial charge is 0.320 e. The van der Waals surface area contributed by atoms with E-state index < -0.39 is 0 Å². The van der Waals surface area contributed by atoms with E-state index in [4.69, 9.17) is 4.74 Å². The summed E-state index contributed by atoms with van der Waals surface area (Å²) < 4.78 is 6.60. The van der Waals surface area contributed by atoms with Gasteiger partial charge in [0.25, 0.3) is 5.91 Å². The van der Waals surface area contributed by atoms with Gasteiger partial charge in [-0.2, -0.15) is 5.10 Å². The molecule has 0 saturated carbocycles. The van der Waals surface area contributed by atoms with Crippen molar-refractivity contribution in [2.24, 2.45) is 0 Å². The molecule has 0 spiro atoms. The van der Waals surface area contributed by atoms with Gasteiger partial charge in [0.2, 0.25) is 0 Å². The summed E-state index contributed by atoms with van der Waals surface area (Å²) in [5.41, 5.74) is 2.55. The average Bonchev–Trinajstić information content (AvgIpc) is 3.06. The molecule has 6 nitrogen and oxygen atoms in total. The van der Waals surface area contributed by atoms with E-state index in [0.717, 1.165) is 17.1 Å². The van der Waals surface area contributed by atoms with Gasteiger partial charge in [-0.3, -0.25) is 9.59 Å². The van der Waals surface area contributed by atoms with E-state index in [1.54, 1.807) is 23.2 Å². The van der Waals surface area contributed by atoms with Gasteiger partial charge < -0.3 is 9.64 Å². The fourth-order valence-electron chi connectivity index (χ4n) is 2.68. The van der Waals surface area contributed by atoms with Crippen molar-refractivity contribution in [3.05, 3.63) is 47.8 Å². The summed E-state index contributed by atoms with van der Waals surface area (Å²) in [6, 6.07) is 9.28. The van der Waals surface area contributed by atoms with Gasteiger partial charge in [-0.1, -0.05) is 0 Å². The second kappa shape index (κ2) is 7.09. The van der Waals surface area contributed by atoms with Gasteiger partial charge in [0.15, 0.2) is 0 Å². The molecule has 1 atom stereocenters. The Morgan fingerprint density at radius 2 is 2.00 bits per heavy atom. The highest BCUT2D eigenvalue weighted by molar-refractivity contribution is 8.00. The third-order valence-corrected chi connectivity index (χ3v) is 5.17. The number of amides is 1. The maximum Gasteiger partial charge on any atom is 0.320 e. The topological polar surface area (TPSA) is 64.4 Å². The van der Waals surface area contributed by atoms with Crippen molar-refractivity contribution < 1.29 is 14.3 Å². The number of nitrogens with zero attached hydrogens (tertiary/aromatic N) is 3. The summed E-state index contributed by atoms with van der Waals surface area (Å²) in [5.74, 6) is 0.394. The third kappa shape index (κ3) is 3.31. The molecule has 24 heavy (non-hydrogen) atoms. The predicted molar refractivity (Wildman–Crippen MR) is 92.5 cm³/mol. The van der Waals surface area contributed by atoms with Gasteiger partial charge in [-0.05, 0) is 37.3 Å². The van der Waals surface area contributed by atoms with Gasteiger partial charge in [-0.15, -0.1) is 11.8 Å². The van der Waals surface area contributed by atoms with Crippen molar-refractivity contribution in [3.8, 4) is 5.69 Å². The van der Waals surface area contributed by atoms with Crippen LogP contribution in [-0.2, 0) is 9.53 Å². The molecule has 1 saturated heterocycles. The molecular weight excluding hydrogens is 326 g/mol. The number of thioether (sulfide) groups is 1. The third-order valence-electron chi connectivity index (χ3n) is 4.01. The Kier molecular flexibility index (Phi) is 4.89. The maximum atomic E-state index is 12.7. The number of esters is 1. The van der Waals surface area contributed by atoms with Crippen LogP contribution in [0.2, 0.25) is 0 Å². The number of aromatic nitrogens is 2. The summed E-state index contributed by atoms with van der Waals surface area (Å²) in [6.07, 6.45) is 1.74. The molecule has 0 bridgehead atoms. The largest absolute Gasteiger partial charge is 0.468 e. The Morgan fingerprint density at radius 1 is 1.25 bits per heavy atom. The van der Waals surface area contributed by atoms with Crippen molar-refractivity contribution in [1.82, 2.24) is 14.7 Å². The SMILES string of the molecule is COC(=O)[C@H]1CN(C(=O)c2ccc(-n3nccc3C)cc2)CCS1. The highest BCUT2D eigenvalue weighted by atomic mass is 32.2. The van der Waals surface area contributed by atoms with Gasteiger partial charge in [0.05, 0.1) is 12.8 Å². The molecule has 1 fully saturated rings. The van der Waals surface area contributed by atoms with Crippen LogP contribution in [0.5, 0.6) is 0 Å². The van der Waals surface area contributed by atoms with Crippen molar-refractivity contribution in [1.29, 1.82) is 0 Å². The molecule has 2 heterocycles. The molecule has 0 N–H and O–H groups in total. The molecule has 3 rings (SSSR count). The van der Waals surface area contributed by atoms with Crippen LogP contribution in [0.15, 0.2) is 36.5 Å². The van der Waals surface area contributed by atoms with Gasteiger partial charge in [0, 0.05) is 36.3 Å². The summed E-state index contributed by atoms with van der Waals surface area (Å²) in [7, 11) is 1.37. The lowest BCUT2D eigenvalue weighted by molar-refractivity contribution is -0.140. The Labute approximate surface area is 144 Å². The molecule has 1 aromatic carbocycles. The van der Waals surface area contributed by atoms with E-state index >= 15 is 0 Å². The number of benzene rings is 1. The van der Waals surface area contributed by atoms with Crippen LogP contribution in [0.1, 0.15) is 16.1 Å². The highest BCUT2D eigenvalue weighted by Gasteiger charge is 2.30. The number of carbonyl (C=O) groups is 2. The first-order valence-electron chi connectivity index (χ1n) is 7.70. The zero-order valence-electron chi connectivity index (χ0n) is 13.6. The predicted octanol–water partition coefficient (Wildman–Crippen LogP) is 1.91. The lowest BCUT2D eigenvalue weighted by Crippen LogP contribution is -2.44. The van der Waals surface area contributed by atoms with Crippen LogP contribution in [0, 0.1) is 6.92 Å². The molecule has 1 aliphatic heterocycles. The zero-order chi connectivity index (χ0) is 17.1. The van der Waals surface area contributed by atoms with Gasteiger partial charge >= 0.3 is 5.97 Å². The van der Waals surface area contributed by atoms with E-state index in [0.29, 0.717) is 18.7 Å². The van der Waals surface area contributed by atoms with Crippen LogP contribution in [-0.4, -0.2) is 57.8 Å². The quantitative estimate of drug-likeness (QED) is 0.795. The molecule has 1 aliphatic rings. The Bertz CT molecular complexity index is 742. The van der Waals surface area contributed by atoms with E-state index in [2.05, 4.69) is 5.10 Å². The van der Waals surface area contributed by atoms with Crippen molar-refractivity contribution >= 4 is 23.6 Å². The van der Waals surface area contributed by atoms with Crippen LogP contribution < -0.4 is 0 Å². The van der Waals surface area contributed by atoms with Crippen molar-refractivity contribution in [2.45, 2.75) is 12.2 Å². The summed E-state index contributed by atoms with van der Waals surface area (Å²) in [6.45, 7) is 3.00. The van der Waals surface area contributed by atoms with Gasteiger partial charge in [-0.25, -0.2) is 4.68 Å². The van der Waals surface area contributed by atoms with Crippen molar-refractivity contribution in [2.75, 3.05) is 26.0 Å². The number of hydrogen-bond acceptors (Lipinski definition) is 5. The molecular formula is C17H19N3O3S. The fourth-order valence-corrected chi connectivity index (χ4v) is 3.80. The summed E-state index contributed by atoms with van der Waals surface area (Å²) >= 11 is 1.53. The second-order valence-electron chi connectivity index (χ2n) is 5.57. The number of rotatable bonds is 3. The molecule has 0 unspecified atom stereocenters. The van der Waals surface area contributed by atoms with E-state index in [9.17, 15) is 9.59 Å². The number of methoxy groups -OCH3 is 1. The second-order valence-corrected chi connectivity index (χ2v) is 6.88. The van der Waals surface area contributed by atoms with E-state index in [1.807, 2.05) is 29.8 Å². The normalized spacial score (nSPS) is 17.6. The maximum absolute atomic E-state index is 12.7. The van der Waals surface area contributed by atoms with E-state index in [1.165, 1.54) is 18.9 Å². The van der Waals surface area contributed by atoms with Crippen LogP contribution in [0.4, 0.5) is 0 Å². The lowest BCUT2D eigenvalue weighted by Gasteiger charge is -2.31. The molecule has 0 radical (unpaired) electrons. The monoisotopic (exact) mass is 345 g/mol. The highest BCUT2D eigenvalue weighted by Crippen LogP contribution is 2.22. The van der Waals surface area contributed by atoms with E-state index in [-0.39, 0.29) is 17.1 Å².